The molecule has 0 bridgehead atoms. The van der Waals surface area contributed by atoms with E-state index in [0.29, 0.717) is 0 Å². The Morgan fingerprint density at radius 2 is 2.06 bits per heavy atom. The Morgan fingerprint density at radius 3 is 2.50 bits per heavy atom. The number of halogens is 1. The van der Waals surface area contributed by atoms with Crippen molar-refractivity contribution in [2.24, 2.45) is 5.84 Å². The quantitative estimate of drug-likeness (QED) is 0.627. The number of nitrogens with one attached hydrogen (secondary N) is 1. The van der Waals surface area contributed by atoms with E-state index in [1.807, 2.05) is 7.11 Å². The molecule has 0 saturated heterocycles. The monoisotopic (exact) mass is 312 g/mol. The van der Waals surface area contributed by atoms with E-state index in [1.54, 1.807) is 0 Å². The maximum Gasteiger partial charge on any atom is 0.0694 e. The number of hydrogen-bond acceptors (Lipinski definition) is 3. The fraction of sp³-hybridized carbons (Fsp3) is 0.571. The van der Waals surface area contributed by atoms with Gasteiger partial charge in [0.05, 0.1) is 5.60 Å². The third kappa shape index (κ3) is 3.32. The highest BCUT2D eigenvalue weighted by atomic mass is 79.9. The van der Waals surface area contributed by atoms with E-state index in [0.717, 1.165) is 30.2 Å². The highest BCUT2D eigenvalue weighted by molar-refractivity contribution is 9.10. The zero-order valence-electron chi connectivity index (χ0n) is 10.8. The molecule has 1 aliphatic rings. The number of benzene rings is 1. The average molecular weight is 313 g/mol. The number of ether oxygens (including phenoxy) is 1. The maximum absolute atomic E-state index is 5.68. The lowest BCUT2D eigenvalue weighted by atomic mass is 9.75. The molecule has 0 amide bonds. The van der Waals surface area contributed by atoms with E-state index < -0.39 is 0 Å². The van der Waals surface area contributed by atoms with Gasteiger partial charge in [0.1, 0.15) is 0 Å². The lowest BCUT2D eigenvalue weighted by Crippen LogP contribution is -2.48. The van der Waals surface area contributed by atoms with Crippen molar-refractivity contribution in [1.29, 1.82) is 0 Å². The maximum atomic E-state index is 5.68. The number of hydrazine groups is 1. The lowest BCUT2D eigenvalue weighted by molar-refractivity contribution is -0.0834. The van der Waals surface area contributed by atoms with Gasteiger partial charge in [-0.3, -0.25) is 11.3 Å². The van der Waals surface area contributed by atoms with Gasteiger partial charge in [-0.2, -0.15) is 0 Å². The minimum atomic E-state index is 0.0619. The van der Waals surface area contributed by atoms with Crippen LogP contribution >= 0.6 is 15.9 Å². The van der Waals surface area contributed by atoms with Gasteiger partial charge in [-0.05, 0) is 49.8 Å². The first-order valence-corrected chi connectivity index (χ1v) is 7.22. The van der Waals surface area contributed by atoms with Gasteiger partial charge in [-0.25, -0.2) is 0 Å². The number of nitrogens with two attached hydrogens (primary N) is 1. The molecule has 1 aromatic carbocycles. The molecule has 0 heterocycles. The second-order valence-corrected chi connectivity index (χ2v) is 6.05. The van der Waals surface area contributed by atoms with Crippen LogP contribution in [0.15, 0.2) is 28.7 Å². The molecule has 1 saturated carbocycles. The highest BCUT2D eigenvalue weighted by Crippen LogP contribution is 2.39. The molecule has 18 heavy (non-hydrogen) atoms. The van der Waals surface area contributed by atoms with Gasteiger partial charge in [0.2, 0.25) is 0 Å². The van der Waals surface area contributed by atoms with Crippen molar-refractivity contribution >= 4 is 15.9 Å². The van der Waals surface area contributed by atoms with Gasteiger partial charge >= 0.3 is 0 Å². The van der Waals surface area contributed by atoms with Crippen molar-refractivity contribution in [2.75, 3.05) is 7.11 Å². The minimum absolute atomic E-state index is 0.0619. The van der Waals surface area contributed by atoms with E-state index >= 15 is 0 Å². The molecule has 0 aliphatic heterocycles. The van der Waals surface area contributed by atoms with Gasteiger partial charge in [-0.15, -0.1) is 0 Å². The zero-order chi connectivity index (χ0) is 13.0. The van der Waals surface area contributed by atoms with Gasteiger partial charge in [0.15, 0.2) is 0 Å². The first-order valence-electron chi connectivity index (χ1n) is 6.43. The Kier molecular flexibility index (Phi) is 4.78. The molecule has 4 heteroatoms. The second kappa shape index (κ2) is 6.15. The van der Waals surface area contributed by atoms with Gasteiger partial charge < -0.3 is 4.74 Å². The summed E-state index contributed by atoms with van der Waals surface area (Å²) in [4.78, 5) is 0. The van der Waals surface area contributed by atoms with Crippen molar-refractivity contribution in [3.8, 4) is 0 Å². The van der Waals surface area contributed by atoms with E-state index in [-0.39, 0.29) is 11.6 Å². The van der Waals surface area contributed by atoms with Gasteiger partial charge in [-0.1, -0.05) is 28.1 Å². The van der Waals surface area contributed by atoms with E-state index in [1.165, 1.54) is 12.0 Å². The molecule has 1 aliphatic carbocycles. The number of hydrogen-bond donors (Lipinski definition) is 2. The summed E-state index contributed by atoms with van der Waals surface area (Å²) >= 11 is 3.45. The fourth-order valence-corrected chi connectivity index (χ4v) is 2.87. The van der Waals surface area contributed by atoms with Crippen LogP contribution in [0.4, 0.5) is 0 Å². The molecule has 1 fully saturated rings. The third-order valence-corrected chi connectivity index (χ3v) is 4.48. The van der Waals surface area contributed by atoms with Gasteiger partial charge in [0.25, 0.3) is 0 Å². The molecule has 3 nitrogen and oxygen atoms in total. The summed E-state index contributed by atoms with van der Waals surface area (Å²) in [6.45, 7) is 0. The molecule has 0 spiro atoms. The van der Waals surface area contributed by atoms with Crippen LogP contribution in [-0.4, -0.2) is 18.8 Å². The zero-order valence-corrected chi connectivity index (χ0v) is 12.4. The first kappa shape index (κ1) is 14.0. The molecule has 100 valence electrons. The third-order valence-electron chi connectivity index (χ3n) is 3.95. The summed E-state index contributed by atoms with van der Waals surface area (Å²) in [5, 5.41) is 0. The van der Waals surface area contributed by atoms with Crippen LogP contribution in [0, 0.1) is 0 Å². The molecule has 0 aromatic heterocycles. The Morgan fingerprint density at radius 1 is 1.39 bits per heavy atom. The number of methoxy groups -OCH3 is 1. The Labute approximate surface area is 117 Å². The van der Waals surface area contributed by atoms with Crippen molar-refractivity contribution in [3.05, 3.63) is 34.3 Å². The van der Waals surface area contributed by atoms with Crippen LogP contribution in [0.3, 0.4) is 0 Å². The Balaban J connectivity index is 1.94. The molecular formula is C14H21BrN2O. The molecule has 3 N–H and O–H groups in total. The topological polar surface area (TPSA) is 47.3 Å². The smallest absolute Gasteiger partial charge is 0.0694 e. The predicted octanol–water partition coefficient (Wildman–Crippen LogP) is 2.78. The van der Waals surface area contributed by atoms with Crippen LogP contribution < -0.4 is 11.3 Å². The molecule has 2 rings (SSSR count). The molecular weight excluding hydrogens is 292 g/mol. The van der Waals surface area contributed by atoms with Crippen molar-refractivity contribution in [2.45, 2.75) is 43.7 Å². The summed E-state index contributed by atoms with van der Waals surface area (Å²) in [5.74, 6) is 5.68. The minimum Gasteiger partial charge on any atom is -0.378 e. The lowest BCUT2D eigenvalue weighted by Gasteiger charge is -2.42. The second-order valence-electron chi connectivity index (χ2n) is 5.14. The van der Waals surface area contributed by atoms with Crippen LogP contribution in [-0.2, 0) is 11.2 Å². The first-order chi connectivity index (χ1) is 8.67. The molecule has 0 radical (unpaired) electrons. The largest absolute Gasteiger partial charge is 0.378 e. The average Bonchev–Trinajstić information content (AvgIpc) is 2.35. The van der Waals surface area contributed by atoms with E-state index in [9.17, 15) is 0 Å². The molecule has 1 aromatic rings. The number of rotatable bonds is 6. The standard InChI is InChI=1S/C14H21BrN2O/c1-18-14(7-2-8-14)10-13(17-16)9-11-3-5-12(15)6-4-11/h3-6,13,17H,2,7-10,16H2,1H3. The van der Waals surface area contributed by atoms with Crippen molar-refractivity contribution < 1.29 is 4.74 Å². The predicted molar refractivity (Wildman–Crippen MR) is 77.2 cm³/mol. The molecule has 1 unspecified atom stereocenters. The van der Waals surface area contributed by atoms with Crippen LogP contribution in [0.5, 0.6) is 0 Å². The molecule has 1 atom stereocenters. The summed E-state index contributed by atoms with van der Waals surface area (Å²) < 4.78 is 6.77. The van der Waals surface area contributed by atoms with Crippen LogP contribution in [0.2, 0.25) is 0 Å². The fourth-order valence-electron chi connectivity index (χ4n) is 2.61. The van der Waals surface area contributed by atoms with Crippen molar-refractivity contribution in [1.82, 2.24) is 5.43 Å². The van der Waals surface area contributed by atoms with Crippen molar-refractivity contribution in [3.63, 3.8) is 0 Å². The highest BCUT2D eigenvalue weighted by Gasteiger charge is 2.38. The SMILES string of the molecule is COC1(CC(Cc2ccc(Br)cc2)NN)CCC1. The normalized spacial score (nSPS) is 19.3. The van der Waals surface area contributed by atoms with Gasteiger partial charge in [0, 0.05) is 17.6 Å². The van der Waals surface area contributed by atoms with Crippen LogP contribution in [0.1, 0.15) is 31.2 Å². The summed E-state index contributed by atoms with van der Waals surface area (Å²) in [6, 6.07) is 8.67. The summed E-state index contributed by atoms with van der Waals surface area (Å²) in [5.41, 5.74) is 4.29. The van der Waals surface area contributed by atoms with E-state index in [2.05, 4.69) is 45.6 Å². The van der Waals surface area contributed by atoms with E-state index in [4.69, 9.17) is 10.6 Å². The Hall–Kier alpha value is -0.420. The summed E-state index contributed by atoms with van der Waals surface area (Å²) in [7, 11) is 1.81. The summed E-state index contributed by atoms with van der Waals surface area (Å²) in [6.07, 6.45) is 5.50. The van der Waals surface area contributed by atoms with Crippen LogP contribution in [0.25, 0.3) is 0 Å². The Bertz CT molecular complexity index is 370.